The summed E-state index contributed by atoms with van der Waals surface area (Å²) in [5.41, 5.74) is 0.284. The fraction of sp³-hybridized carbons (Fsp3) is 0.600. The molecule has 0 fully saturated rings. The van der Waals surface area contributed by atoms with Crippen LogP contribution in [0.1, 0.15) is 61.3 Å². The van der Waals surface area contributed by atoms with Crippen LogP contribution >= 0.6 is 7.37 Å². The number of amides is 4. The van der Waals surface area contributed by atoms with Crippen molar-refractivity contribution in [1.29, 1.82) is 0 Å². The third kappa shape index (κ3) is 6.95. The highest BCUT2D eigenvalue weighted by Crippen LogP contribution is 2.50. The molecule has 0 spiro atoms. The summed E-state index contributed by atoms with van der Waals surface area (Å²) in [5, 5.41) is 5.37. The van der Waals surface area contributed by atoms with Crippen molar-refractivity contribution in [1.82, 2.24) is 15.5 Å². The number of fused-ring (bicyclic) bond motifs is 1. The van der Waals surface area contributed by atoms with Gasteiger partial charge in [0.15, 0.2) is 0 Å². The first-order valence-electron chi connectivity index (χ1n) is 12.1. The summed E-state index contributed by atoms with van der Waals surface area (Å²) in [5.74, 6) is -2.19. The fourth-order valence-electron chi connectivity index (χ4n) is 4.34. The van der Waals surface area contributed by atoms with Gasteiger partial charge in [0.1, 0.15) is 18.1 Å². The topological polar surface area (TPSA) is 131 Å². The zero-order valence-electron chi connectivity index (χ0n) is 22.1. The van der Waals surface area contributed by atoms with Gasteiger partial charge >= 0.3 is 0 Å². The molecule has 0 bridgehead atoms. The van der Waals surface area contributed by atoms with Crippen molar-refractivity contribution in [3.8, 4) is 5.75 Å². The number of carbonyl (C=O) groups is 4. The van der Waals surface area contributed by atoms with E-state index in [9.17, 15) is 23.7 Å². The summed E-state index contributed by atoms with van der Waals surface area (Å²) < 4.78 is 24.4. The number of hydrogen-bond donors (Lipinski definition) is 2. The van der Waals surface area contributed by atoms with Gasteiger partial charge in [-0.15, -0.1) is 0 Å². The lowest BCUT2D eigenvalue weighted by molar-refractivity contribution is -0.131. The predicted octanol–water partition coefficient (Wildman–Crippen LogP) is 3.11. The molecule has 1 aromatic carbocycles. The number of rotatable bonds is 13. The number of nitrogens with one attached hydrogen (secondary N) is 2. The average Bonchev–Trinajstić information content (AvgIpc) is 3.06. The van der Waals surface area contributed by atoms with Crippen LogP contribution in [0.2, 0.25) is 0 Å². The molecule has 0 saturated heterocycles. The predicted molar refractivity (Wildman–Crippen MR) is 136 cm³/mol. The van der Waals surface area contributed by atoms with Crippen LogP contribution in [0.3, 0.4) is 0 Å². The van der Waals surface area contributed by atoms with Crippen LogP contribution in [0.4, 0.5) is 0 Å². The molecule has 4 amide bonds. The quantitative estimate of drug-likeness (QED) is 0.300. The Morgan fingerprint density at radius 1 is 1.00 bits per heavy atom. The van der Waals surface area contributed by atoms with Crippen LogP contribution in [0.15, 0.2) is 18.2 Å². The minimum atomic E-state index is -3.66. The third-order valence-electron chi connectivity index (χ3n) is 6.08. The zero-order valence-corrected chi connectivity index (χ0v) is 23.0. The maximum Gasteiger partial charge on any atom is 0.265 e. The third-order valence-corrected chi connectivity index (χ3v) is 8.46. The SMILES string of the molecule is CNC(=O)[C@H](CC(C)C)NC(=O)[C@H](CC(C)C)CP(=O)(CN1C(=O)c2cccc(OC)c2C1=O)OC. The first-order valence-corrected chi connectivity index (χ1v) is 14.1. The second kappa shape index (κ2) is 12.5. The van der Waals surface area contributed by atoms with Gasteiger partial charge in [-0.2, -0.15) is 0 Å². The van der Waals surface area contributed by atoms with Crippen molar-refractivity contribution in [2.75, 3.05) is 33.7 Å². The molecule has 0 aliphatic carbocycles. The molecule has 3 atom stereocenters. The lowest BCUT2D eigenvalue weighted by atomic mass is 9.96. The van der Waals surface area contributed by atoms with Gasteiger partial charge in [-0.1, -0.05) is 33.8 Å². The molecule has 36 heavy (non-hydrogen) atoms. The van der Waals surface area contributed by atoms with Crippen molar-refractivity contribution < 1.29 is 33.0 Å². The molecule has 2 rings (SSSR count). The highest BCUT2D eigenvalue weighted by atomic mass is 31.2. The van der Waals surface area contributed by atoms with Gasteiger partial charge < -0.3 is 19.9 Å². The summed E-state index contributed by atoms with van der Waals surface area (Å²) in [7, 11) is 0.487. The number of hydrogen-bond acceptors (Lipinski definition) is 7. The maximum atomic E-state index is 13.8. The molecule has 1 aromatic rings. The van der Waals surface area contributed by atoms with E-state index in [1.54, 1.807) is 12.1 Å². The van der Waals surface area contributed by atoms with E-state index in [1.807, 2.05) is 27.7 Å². The number of ether oxygens (including phenoxy) is 1. The first kappa shape index (κ1) is 29.5. The molecule has 1 unspecified atom stereocenters. The Labute approximate surface area is 212 Å². The number of likely N-dealkylation sites (N-methyl/N-ethyl adjacent to an activating group) is 1. The standard InChI is InChI=1S/C25H38N3O7P/c1-15(2)11-17(22(29)27-19(12-16(3)4)23(30)26-5)13-36(33,35-7)14-28-24(31)18-9-8-10-20(34-6)21(18)25(28)32/h8-10,15-17,19H,11-14H2,1-7H3,(H,26,30)(H,27,29)/t17-,19+,36?/m1/s1. The normalized spacial score (nSPS) is 16.5. The summed E-state index contributed by atoms with van der Waals surface area (Å²) in [6.45, 7) is 7.76. The lowest BCUT2D eigenvalue weighted by Gasteiger charge is -2.28. The van der Waals surface area contributed by atoms with E-state index in [0.717, 1.165) is 4.90 Å². The van der Waals surface area contributed by atoms with E-state index >= 15 is 0 Å². The molecule has 11 heteroatoms. The van der Waals surface area contributed by atoms with E-state index in [1.165, 1.54) is 27.3 Å². The Kier molecular flexibility index (Phi) is 10.3. The molecule has 1 aliphatic heterocycles. The van der Waals surface area contributed by atoms with Crippen LogP contribution in [0.25, 0.3) is 0 Å². The van der Waals surface area contributed by atoms with Crippen LogP contribution in [-0.4, -0.2) is 68.3 Å². The highest BCUT2D eigenvalue weighted by Gasteiger charge is 2.43. The van der Waals surface area contributed by atoms with E-state index in [2.05, 4.69) is 10.6 Å². The Balaban J connectivity index is 2.28. The summed E-state index contributed by atoms with van der Waals surface area (Å²) in [6, 6.07) is 3.96. The second-order valence-electron chi connectivity index (χ2n) is 9.87. The Morgan fingerprint density at radius 2 is 1.64 bits per heavy atom. The van der Waals surface area contributed by atoms with Gasteiger partial charge in [0.05, 0.1) is 18.2 Å². The average molecular weight is 524 g/mol. The molecule has 1 aliphatic rings. The van der Waals surface area contributed by atoms with Crippen molar-refractivity contribution in [3.63, 3.8) is 0 Å². The summed E-state index contributed by atoms with van der Waals surface area (Å²) >= 11 is 0. The molecule has 2 N–H and O–H groups in total. The first-order chi connectivity index (χ1) is 16.9. The van der Waals surface area contributed by atoms with E-state index in [-0.39, 0.29) is 40.8 Å². The van der Waals surface area contributed by atoms with Gasteiger partial charge in [-0.3, -0.25) is 28.6 Å². The zero-order chi connectivity index (χ0) is 27.2. The maximum absolute atomic E-state index is 13.8. The number of imide groups is 1. The smallest absolute Gasteiger partial charge is 0.265 e. The van der Waals surface area contributed by atoms with Gasteiger partial charge in [0.2, 0.25) is 19.2 Å². The molecular formula is C25H38N3O7P. The molecular weight excluding hydrogens is 485 g/mol. The van der Waals surface area contributed by atoms with Crippen molar-refractivity contribution >= 4 is 31.0 Å². The minimum absolute atomic E-state index is 0.0816. The van der Waals surface area contributed by atoms with Crippen molar-refractivity contribution in [3.05, 3.63) is 29.3 Å². The van der Waals surface area contributed by atoms with Gasteiger partial charge in [0.25, 0.3) is 11.8 Å². The van der Waals surface area contributed by atoms with Gasteiger partial charge in [-0.05, 0) is 36.8 Å². The van der Waals surface area contributed by atoms with E-state index < -0.39 is 43.3 Å². The lowest BCUT2D eigenvalue weighted by Crippen LogP contribution is -2.49. The largest absolute Gasteiger partial charge is 0.496 e. The fourth-order valence-corrected chi connectivity index (χ4v) is 6.40. The Hall–Kier alpha value is -2.71. The van der Waals surface area contributed by atoms with E-state index in [4.69, 9.17) is 9.26 Å². The monoisotopic (exact) mass is 523 g/mol. The number of nitrogens with zero attached hydrogens (tertiary/aromatic N) is 1. The molecule has 1 heterocycles. The molecule has 10 nitrogen and oxygen atoms in total. The van der Waals surface area contributed by atoms with Crippen LogP contribution < -0.4 is 15.4 Å². The number of benzene rings is 1. The van der Waals surface area contributed by atoms with Crippen LogP contribution in [-0.2, 0) is 18.7 Å². The highest BCUT2D eigenvalue weighted by molar-refractivity contribution is 7.59. The Bertz CT molecular complexity index is 1040. The number of carbonyl (C=O) groups excluding carboxylic acids is 4. The van der Waals surface area contributed by atoms with Crippen LogP contribution in [0.5, 0.6) is 5.75 Å². The minimum Gasteiger partial charge on any atom is -0.496 e. The molecule has 0 aromatic heterocycles. The molecule has 0 saturated carbocycles. The summed E-state index contributed by atoms with van der Waals surface area (Å²) in [6.07, 6.45) is 0.182. The van der Waals surface area contributed by atoms with Gasteiger partial charge in [0, 0.05) is 26.2 Å². The van der Waals surface area contributed by atoms with Crippen LogP contribution in [0, 0.1) is 17.8 Å². The number of methoxy groups -OCH3 is 1. The van der Waals surface area contributed by atoms with E-state index in [0.29, 0.717) is 12.8 Å². The van der Waals surface area contributed by atoms with Crippen molar-refractivity contribution in [2.45, 2.75) is 46.6 Å². The molecule has 0 radical (unpaired) electrons. The summed E-state index contributed by atoms with van der Waals surface area (Å²) in [4.78, 5) is 52.5. The van der Waals surface area contributed by atoms with Crippen molar-refractivity contribution in [2.24, 2.45) is 17.8 Å². The second-order valence-corrected chi connectivity index (χ2v) is 12.5. The van der Waals surface area contributed by atoms with Gasteiger partial charge in [-0.25, -0.2) is 0 Å². The molecule has 200 valence electrons. The Morgan fingerprint density at radius 3 is 2.17 bits per heavy atom.